The summed E-state index contributed by atoms with van der Waals surface area (Å²) >= 11 is 0. The van der Waals surface area contributed by atoms with Crippen molar-refractivity contribution >= 4 is 5.78 Å². The van der Waals surface area contributed by atoms with Crippen molar-refractivity contribution in [3.8, 4) is 5.75 Å². The van der Waals surface area contributed by atoms with Crippen molar-refractivity contribution in [1.29, 1.82) is 0 Å². The first-order chi connectivity index (χ1) is 10.1. The number of carbonyl (C=O) groups excluding carboxylic acids is 1. The number of benzene rings is 2. The summed E-state index contributed by atoms with van der Waals surface area (Å²) in [5.74, 6) is -1.76. The number of halogens is 2. The summed E-state index contributed by atoms with van der Waals surface area (Å²) in [6.45, 7) is 2.67. The predicted octanol–water partition coefficient (Wildman–Crippen LogP) is 4.37. The maximum absolute atomic E-state index is 13.6. The van der Waals surface area contributed by atoms with Crippen LogP contribution >= 0.6 is 0 Å². The molecule has 0 bridgehead atoms. The van der Waals surface area contributed by atoms with E-state index in [2.05, 4.69) is 6.92 Å². The van der Waals surface area contributed by atoms with Crippen LogP contribution in [0.25, 0.3) is 0 Å². The van der Waals surface area contributed by atoms with E-state index in [0.29, 0.717) is 12.4 Å². The van der Waals surface area contributed by atoms with E-state index in [9.17, 15) is 13.6 Å². The van der Waals surface area contributed by atoms with Crippen LogP contribution < -0.4 is 4.74 Å². The summed E-state index contributed by atoms with van der Waals surface area (Å²) in [5, 5.41) is 0. The second kappa shape index (κ2) is 6.97. The maximum atomic E-state index is 13.6. The van der Waals surface area contributed by atoms with Crippen LogP contribution in [0.2, 0.25) is 0 Å². The Balaban J connectivity index is 2.17. The molecule has 0 amide bonds. The lowest BCUT2D eigenvalue weighted by atomic mass is 10.0. The molecule has 110 valence electrons. The molecule has 0 fully saturated rings. The Bertz CT molecular complexity index is 601. The van der Waals surface area contributed by atoms with Gasteiger partial charge in [-0.25, -0.2) is 8.78 Å². The normalized spacial score (nSPS) is 10.4. The van der Waals surface area contributed by atoms with Crippen LogP contribution in [-0.2, 0) is 0 Å². The van der Waals surface area contributed by atoms with Crippen molar-refractivity contribution in [3.63, 3.8) is 0 Å². The van der Waals surface area contributed by atoms with Crippen molar-refractivity contribution in [2.75, 3.05) is 6.61 Å². The average molecular weight is 290 g/mol. The molecule has 0 heterocycles. The fraction of sp³-hybridized carbons (Fsp3) is 0.235. The summed E-state index contributed by atoms with van der Waals surface area (Å²) in [4.78, 5) is 12.1. The third-order valence-corrected chi connectivity index (χ3v) is 3.07. The lowest BCUT2D eigenvalue weighted by Gasteiger charge is -2.07. The quantitative estimate of drug-likeness (QED) is 0.583. The first kappa shape index (κ1) is 15.2. The highest BCUT2D eigenvalue weighted by Gasteiger charge is 2.18. The van der Waals surface area contributed by atoms with Crippen LogP contribution in [-0.4, -0.2) is 12.4 Å². The predicted molar refractivity (Wildman–Crippen MR) is 76.6 cm³/mol. The third kappa shape index (κ3) is 3.66. The lowest BCUT2D eigenvalue weighted by molar-refractivity contribution is 0.103. The average Bonchev–Trinajstić information content (AvgIpc) is 2.48. The van der Waals surface area contributed by atoms with Crippen molar-refractivity contribution < 1.29 is 18.3 Å². The van der Waals surface area contributed by atoms with Gasteiger partial charge in [0.15, 0.2) is 5.78 Å². The van der Waals surface area contributed by atoms with E-state index in [1.54, 1.807) is 12.1 Å². The number of hydrogen-bond donors (Lipinski definition) is 0. The monoisotopic (exact) mass is 290 g/mol. The zero-order chi connectivity index (χ0) is 15.2. The van der Waals surface area contributed by atoms with Gasteiger partial charge in [0.25, 0.3) is 0 Å². The van der Waals surface area contributed by atoms with E-state index < -0.39 is 23.0 Å². The smallest absolute Gasteiger partial charge is 0.198 e. The number of unbranched alkanes of at least 4 members (excludes halogenated alkanes) is 1. The van der Waals surface area contributed by atoms with Gasteiger partial charge in [0, 0.05) is 5.56 Å². The molecule has 2 aromatic carbocycles. The van der Waals surface area contributed by atoms with Crippen molar-refractivity contribution in [1.82, 2.24) is 0 Å². The van der Waals surface area contributed by atoms with E-state index in [1.165, 1.54) is 18.2 Å². The Morgan fingerprint density at radius 3 is 2.24 bits per heavy atom. The fourth-order valence-electron chi connectivity index (χ4n) is 1.90. The second-order valence-corrected chi connectivity index (χ2v) is 4.65. The molecule has 0 saturated carbocycles. The molecule has 2 rings (SSSR count). The Kier molecular flexibility index (Phi) is 5.04. The molecule has 0 spiro atoms. The van der Waals surface area contributed by atoms with E-state index in [4.69, 9.17) is 4.74 Å². The van der Waals surface area contributed by atoms with Crippen LogP contribution in [0, 0.1) is 11.6 Å². The van der Waals surface area contributed by atoms with Crippen LogP contribution in [0.1, 0.15) is 35.7 Å². The first-order valence-electron chi connectivity index (χ1n) is 6.85. The molecule has 0 aromatic heterocycles. The van der Waals surface area contributed by atoms with Crippen molar-refractivity contribution in [3.05, 3.63) is 65.2 Å². The zero-order valence-electron chi connectivity index (χ0n) is 11.7. The Labute approximate surface area is 122 Å². The molecule has 0 aliphatic rings. The van der Waals surface area contributed by atoms with Gasteiger partial charge in [-0.05, 0) is 42.8 Å². The molecule has 0 unspecified atom stereocenters. The summed E-state index contributed by atoms with van der Waals surface area (Å²) in [6, 6.07) is 9.64. The molecule has 2 aromatic rings. The van der Waals surface area contributed by atoms with E-state index in [1.807, 2.05) is 0 Å². The first-order valence-corrected chi connectivity index (χ1v) is 6.85. The highest BCUT2D eigenvalue weighted by atomic mass is 19.1. The fourth-order valence-corrected chi connectivity index (χ4v) is 1.90. The second-order valence-electron chi connectivity index (χ2n) is 4.65. The Morgan fingerprint density at radius 2 is 1.67 bits per heavy atom. The van der Waals surface area contributed by atoms with Crippen LogP contribution in [0.4, 0.5) is 8.78 Å². The van der Waals surface area contributed by atoms with Gasteiger partial charge < -0.3 is 4.74 Å². The number of rotatable bonds is 6. The molecule has 4 heteroatoms. The highest BCUT2D eigenvalue weighted by Crippen LogP contribution is 2.19. The molecule has 0 radical (unpaired) electrons. The SMILES string of the molecule is CCCCOc1ccc(C(=O)c2c(F)cccc2F)cc1. The molecule has 0 N–H and O–H groups in total. The molecule has 0 aliphatic carbocycles. The number of hydrogen-bond acceptors (Lipinski definition) is 2. The van der Waals surface area contributed by atoms with E-state index >= 15 is 0 Å². The number of ether oxygens (including phenoxy) is 1. The molecular formula is C17H16F2O2. The van der Waals surface area contributed by atoms with Crippen LogP contribution in [0.3, 0.4) is 0 Å². The number of carbonyl (C=O) groups is 1. The molecule has 0 saturated heterocycles. The minimum absolute atomic E-state index is 0.224. The van der Waals surface area contributed by atoms with Gasteiger partial charge in [0.1, 0.15) is 17.4 Å². The standard InChI is InChI=1S/C17H16F2O2/c1-2-3-11-21-13-9-7-12(8-10-13)17(20)16-14(18)5-4-6-15(16)19/h4-10H,2-3,11H2,1H3. The third-order valence-electron chi connectivity index (χ3n) is 3.07. The van der Waals surface area contributed by atoms with Gasteiger partial charge in [-0.1, -0.05) is 19.4 Å². The summed E-state index contributed by atoms with van der Waals surface area (Å²) in [5.41, 5.74) is -0.306. The van der Waals surface area contributed by atoms with Crippen LogP contribution in [0.15, 0.2) is 42.5 Å². The van der Waals surface area contributed by atoms with Crippen molar-refractivity contribution in [2.45, 2.75) is 19.8 Å². The summed E-state index contributed by atoms with van der Waals surface area (Å²) in [6.07, 6.45) is 1.98. The summed E-state index contributed by atoms with van der Waals surface area (Å²) in [7, 11) is 0. The molecule has 0 aliphatic heterocycles. The van der Waals surface area contributed by atoms with Gasteiger partial charge in [-0.2, -0.15) is 0 Å². The Morgan fingerprint density at radius 1 is 1.05 bits per heavy atom. The van der Waals surface area contributed by atoms with Gasteiger partial charge in [-0.3, -0.25) is 4.79 Å². The molecule has 21 heavy (non-hydrogen) atoms. The highest BCUT2D eigenvalue weighted by molar-refractivity contribution is 6.09. The summed E-state index contributed by atoms with van der Waals surface area (Å²) < 4.78 is 32.6. The maximum Gasteiger partial charge on any atom is 0.198 e. The largest absolute Gasteiger partial charge is 0.494 e. The van der Waals surface area contributed by atoms with Gasteiger partial charge >= 0.3 is 0 Å². The van der Waals surface area contributed by atoms with E-state index in [-0.39, 0.29) is 5.56 Å². The van der Waals surface area contributed by atoms with E-state index in [0.717, 1.165) is 25.0 Å². The van der Waals surface area contributed by atoms with Crippen molar-refractivity contribution in [2.24, 2.45) is 0 Å². The molecular weight excluding hydrogens is 274 g/mol. The minimum atomic E-state index is -0.858. The zero-order valence-corrected chi connectivity index (χ0v) is 11.7. The van der Waals surface area contributed by atoms with Gasteiger partial charge in [-0.15, -0.1) is 0 Å². The van der Waals surface area contributed by atoms with Gasteiger partial charge in [0.2, 0.25) is 0 Å². The van der Waals surface area contributed by atoms with Gasteiger partial charge in [0.05, 0.1) is 12.2 Å². The molecule has 0 atom stereocenters. The lowest BCUT2D eigenvalue weighted by Crippen LogP contribution is -2.07. The Hall–Kier alpha value is -2.23. The minimum Gasteiger partial charge on any atom is -0.494 e. The molecule has 2 nitrogen and oxygen atoms in total. The topological polar surface area (TPSA) is 26.3 Å². The number of ketones is 1. The van der Waals surface area contributed by atoms with Crippen LogP contribution in [0.5, 0.6) is 5.75 Å².